The molecule has 0 atom stereocenters. The Bertz CT molecular complexity index is 685. The van der Waals surface area contributed by atoms with Crippen LogP contribution in [0.15, 0.2) is 22.7 Å². The lowest BCUT2D eigenvalue weighted by Crippen LogP contribution is -2.00. The quantitative estimate of drug-likeness (QED) is 0.811. The van der Waals surface area contributed by atoms with Crippen molar-refractivity contribution in [2.45, 2.75) is 26.8 Å². The predicted octanol–water partition coefficient (Wildman–Crippen LogP) is 4.56. The van der Waals surface area contributed by atoms with Crippen molar-refractivity contribution in [3.05, 3.63) is 33.4 Å². The van der Waals surface area contributed by atoms with Crippen molar-refractivity contribution < 1.29 is 8.85 Å². The van der Waals surface area contributed by atoms with E-state index < -0.39 is 7.04 Å². The monoisotopic (exact) mass is 345 g/mol. The van der Waals surface area contributed by atoms with Crippen molar-refractivity contribution in [2.75, 3.05) is 7.04 Å². The number of ether oxygens (including phenoxy) is 1. The summed E-state index contributed by atoms with van der Waals surface area (Å²) >= 11 is 9.76. The largest absolute Gasteiger partial charge is 0.496 e. The second-order valence-corrected chi connectivity index (χ2v) is 5.31. The first-order valence-electron chi connectivity index (χ1n) is 7.51. The maximum atomic E-state index is 7.33. The van der Waals surface area contributed by atoms with Crippen LogP contribution in [-0.4, -0.2) is 16.8 Å². The third kappa shape index (κ3) is 2.65. The number of rotatable bonds is 4. The van der Waals surface area contributed by atoms with E-state index in [0.29, 0.717) is 29.2 Å². The molecule has 0 N–H and O–H groups in total. The molecule has 0 bridgehead atoms. The molecule has 0 aliphatic rings. The van der Waals surface area contributed by atoms with Crippen molar-refractivity contribution in [1.82, 2.24) is 9.78 Å². The Hall–Kier alpha value is -1.00. The van der Waals surface area contributed by atoms with Crippen LogP contribution in [0.3, 0.4) is 0 Å². The van der Waals surface area contributed by atoms with Crippen LogP contribution in [0.4, 0.5) is 0 Å². The first-order valence-corrected chi connectivity index (χ1v) is 7.18. The molecule has 19 heavy (non-hydrogen) atoms. The molecule has 0 saturated heterocycles. The van der Waals surface area contributed by atoms with Gasteiger partial charge in [-0.1, -0.05) is 34.5 Å². The molecule has 1 aromatic carbocycles. The highest BCUT2D eigenvalue weighted by atomic mass is 79.9. The predicted molar refractivity (Wildman–Crippen MR) is 82.0 cm³/mol. The lowest BCUT2D eigenvalue weighted by Gasteiger charge is -2.11. The Morgan fingerprint density at radius 2 is 2.26 bits per heavy atom. The Morgan fingerprint density at radius 1 is 1.47 bits per heavy atom. The zero-order valence-corrected chi connectivity index (χ0v) is 13.0. The smallest absolute Gasteiger partial charge is 0.129 e. The summed E-state index contributed by atoms with van der Waals surface area (Å²) < 4.78 is 29.6. The summed E-state index contributed by atoms with van der Waals surface area (Å²) in [5.41, 5.74) is 2.06. The summed E-state index contributed by atoms with van der Waals surface area (Å²) in [7, 11) is -2.54. The van der Waals surface area contributed by atoms with Gasteiger partial charge in [-0.05, 0) is 31.5 Å². The third-order valence-electron chi connectivity index (χ3n) is 2.90. The molecule has 0 unspecified atom stereocenters. The lowest BCUT2D eigenvalue weighted by molar-refractivity contribution is 0.415. The Labute approximate surface area is 130 Å². The van der Waals surface area contributed by atoms with Gasteiger partial charge in [0.1, 0.15) is 5.75 Å². The number of aryl methyl sites for hydroxylation is 2. The van der Waals surface area contributed by atoms with Crippen molar-refractivity contribution in [2.24, 2.45) is 0 Å². The summed E-state index contributed by atoms with van der Waals surface area (Å²) in [5, 5.41) is 4.99. The van der Waals surface area contributed by atoms with Crippen LogP contribution in [0.1, 0.15) is 23.7 Å². The van der Waals surface area contributed by atoms with Crippen molar-refractivity contribution >= 4 is 27.5 Å². The fourth-order valence-electron chi connectivity index (χ4n) is 1.98. The van der Waals surface area contributed by atoms with E-state index in [2.05, 4.69) is 21.0 Å². The van der Waals surface area contributed by atoms with E-state index in [0.717, 1.165) is 10.2 Å². The number of nitrogens with zero attached hydrogens (tertiary/aromatic N) is 2. The van der Waals surface area contributed by atoms with Gasteiger partial charge in [0.05, 0.1) is 27.6 Å². The number of halogens is 2. The third-order valence-corrected chi connectivity index (χ3v) is 3.79. The van der Waals surface area contributed by atoms with Crippen LogP contribution in [0.2, 0.25) is 5.02 Å². The van der Waals surface area contributed by atoms with E-state index in [-0.39, 0.29) is 5.75 Å². The molecule has 3 nitrogen and oxygen atoms in total. The number of benzene rings is 1. The molecule has 5 heteroatoms. The molecule has 1 aromatic heterocycles. The molecule has 0 saturated carbocycles. The summed E-state index contributed by atoms with van der Waals surface area (Å²) in [5.74, 6) is 0.244. The summed E-state index contributed by atoms with van der Waals surface area (Å²) in [4.78, 5) is 0. The van der Waals surface area contributed by atoms with Crippen molar-refractivity contribution in [3.8, 4) is 17.0 Å². The first kappa shape index (κ1) is 10.7. The lowest BCUT2D eigenvalue weighted by atomic mass is 10.1. The van der Waals surface area contributed by atoms with E-state index in [4.69, 9.17) is 20.5 Å². The molecule has 102 valence electrons. The topological polar surface area (TPSA) is 27.1 Å². The number of hydrogen-bond acceptors (Lipinski definition) is 2. The SMILES string of the molecule is [2H]C([2H])([2H])Oc1cc(Br)ccc1-c1c(Cl)c(CC)nn1CC. The highest BCUT2D eigenvalue weighted by Crippen LogP contribution is 2.38. The molecule has 0 amide bonds. The molecular weight excluding hydrogens is 328 g/mol. The van der Waals surface area contributed by atoms with E-state index >= 15 is 0 Å². The van der Waals surface area contributed by atoms with Crippen LogP contribution in [0.5, 0.6) is 5.75 Å². The minimum atomic E-state index is -2.54. The second-order valence-electron chi connectivity index (χ2n) is 4.02. The van der Waals surface area contributed by atoms with Gasteiger partial charge in [0, 0.05) is 16.6 Å². The highest BCUT2D eigenvalue weighted by Gasteiger charge is 2.19. The van der Waals surface area contributed by atoms with Crippen molar-refractivity contribution in [3.63, 3.8) is 0 Å². The molecule has 1 heterocycles. The second kappa shape index (κ2) is 5.97. The summed E-state index contributed by atoms with van der Waals surface area (Å²) in [6.07, 6.45) is 0.699. The average Bonchev–Trinajstić information content (AvgIpc) is 2.74. The molecule has 2 aromatic rings. The maximum absolute atomic E-state index is 7.33. The van der Waals surface area contributed by atoms with Gasteiger partial charge in [-0.2, -0.15) is 5.10 Å². The molecular formula is C14H16BrClN2O. The van der Waals surface area contributed by atoms with E-state index in [1.165, 1.54) is 0 Å². The zero-order valence-electron chi connectivity index (χ0n) is 13.7. The molecule has 0 aliphatic carbocycles. The summed E-state index contributed by atoms with van der Waals surface area (Å²) in [6.45, 7) is 4.55. The minimum absolute atomic E-state index is 0.244. The van der Waals surface area contributed by atoms with E-state index in [9.17, 15) is 0 Å². The van der Waals surface area contributed by atoms with Gasteiger partial charge in [0.15, 0.2) is 0 Å². The standard InChI is InChI=1S/C14H16BrClN2O/c1-4-11-13(16)14(18(5-2)17-11)10-7-6-9(15)8-12(10)19-3/h6-8H,4-5H2,1-3H3/i3D3. The summed E-state index contributed by atoms with van der Waals surface area (Å²) in [6, 6.07) is 5.22. The van der Waals surface area contributed by atoms with Crippen LogP contribution in [-0.2, 0) is 13.0 Å². The fourth-order valence-corrected chi connectivity index (χ4v) is 2.69. The van der Waals surface area contributed by atoms with Crippen molar-refractivity contribution in [1.29, 1.82) is 0 Å². The van der Waals surface area contributed by atoms with Gasteiger partial charge in [-0.25, -0.2) is 0 Å². The van der Waals surface area contributed by atoms with Gasteiger partial charge in [-0.3, -0.25) is 4.68 Å². The van der Waals surface area contributed by atoms with Gasteiger partial charge < -0.3 is 4.74 Å². The van der Waals surface area contributed by atoms with Crippen LogP contribution in [0, 0.1) is 0 Å². The number of hydrogen-bond donors (Lipinski definition) is 0. The van der Waals surface area contributed by atoms with Crippen LogP contribution in [0.25, 0.3) is 11.3 Å². The molecule has 0 aliphatic heterocycles. The van der Waals surface area contributed by atoms with Gasteiger partial charge in [0.2, 0.25) is 0 Å². The zero-order chi connectivity index (χ0) is 16.5. The number of methoxy groups -OCH3 is 1. The van der Waals surface area contributed by atoms with Crippen LogP contribution >= 0.6 is 27.5 Å². The van der Waals surface area contributed by atoms with Gasteiger partial charge >= 0.3 is 0 Å². The fraction of sp³-hybridized carbons (Fsp3) is 0.357. The number of aromatic nitrogens is 2. The Balaban J connectivity index is 2.64. The first-order chi connectivity index (χ1) is 10.3. The molecule has 0 fully saturated rings. The van der Waals surface area contributed by atoms with E-state index in [1.807, 2.05) is 19.9 Å². The van der Waals surface area contributed by atoms with E-state index in [1.54, 1.807) is 16.8 Å². The molecule has 2 rings (SSSR count). The minimum Gasteiger partial charge on any atom is -0.496 e. The van der Waals surface area contributed by atoms with Crippen LogP contribution < -0.4 is 4.74 Å². The molecule has 0 spiro atoms. The Morgan fingerprint density at radius 3 is 2.89 bits per heavy atom. The average molecular weight is 347 g/mol. The van der Waals surface area contributed by atoms with Gasteiger partial charge in [0.25, 0.3) is 0 Å². The maximum Gasteiger partial charge on any atom is 0.129 e. The normalized spacial score (nSPS) is 13.8. The Kier molecular flexibility index (Phi) is 3.38. The molecule has 0 radical (unpaired) electrons. The highest BCUT2D eigenvalue weighted by molar-refractivity contribution is 9.10. The van der Waals surface area contributed by atoms with Gasteiger partial charge in [-0.15, -0.1) is 0 Å².